The summed E-state index contributed by atoms with van der Waals surface area (Å²) in [6.45, 7) is 4.07. The summed E-state index contributed by atoms with van der Waals surface area (Å²) in [5.74, 6) is -2.76. The zero-order valence-electron chi connectivity index (χ0n) is 13.3. The number of para-hydroxylation sites is 1. The van der Waals surface area contributed by atoms with Crippen LogP contribution in [0, 0.1) is 11.8 Å². The first-order chi connectivity index (χ1) is 11.1. The first-order valence-electron chi connectivity index (χ1n) is 8.05. The van der Waals surface area contributed by atoms with Crippen LogP contribution in [0.2, 0.25) is 0 Å². The SMILES string of the molecule is CCc1cccc(CC)c1NC(=O)[C@H]1[C@@H](C(=O)O)[C@@H]2C=C[C@H]1O2. The second-order valence-corrected chi connectivity index (χ2v) is 5.99. The molecule has 122 valence electrons. The number of aryl methyl sites for hydroxylation is 2. The van der Waals surface area contributed by atoms with E-state index in [1.165, 1.54) is 0 Å². The van der Waals surface area contributed by atoms with Crippen LogP contribution in [0.15, 0.2) is 30.4 Å². The molecule has 2 bridgehead atoms. The Morgan fingerprint density at radius 2 is 1.65 bits per heavy atom. The van der Waals surface area contributed by atoms with Crippen LogP contribution in [-0.4, -0.2) is 29.2 Å². The second kappa shape index (κ2) is 6.16. The van der Waals surface area contributed by atoms with Crippen molar-refractivity contribution >= 4 is 17.6 Å². The molecular weight excluding hydrogens is 294 g/mol. The number of benzene rings is 1. The molecule has 3 rings (SSSR count). The topological polar surface area (TPSA) is 75.6 Å². The van der Waals surface area contributed by atoms with Crippen molar-refractivity contribution in [3.8, 4) is 0 Å². The van der Waals surface area contributed by atoms with Crippen LogP contribution in [0.4, 0.5) is 5.69 Å². The number of carbonyl (C=O) groups is 2. The average molecular weight is 315 g/mol. The summed E-state index contributed by atoms with van der Waals surface area (Å²) in [4.78, 5) is 24.3. The minimum Gasteiger partial charge on any atom is -0.481 e. The lowest BCUT2D eigenvalue weighted by Gasteiger charge is -2.22. The van der Waals surface area contributed by atoms with Crippen molar-refractivity contribution in [3.05, 3.63) is 41.5 Å². The first kappa shape index (κ1) is 15.7. The summed E-state index contributed by atoms with van der Waals surface area (Å²) in [6, 6.07) is 5.96. The molecule has 0 spiro atoms. The highest BCUT2D eigenvalue weighted by Crippen LogP contribution is 2.40. The minimum atomic E-state index is -0.985. The lowest BCUT2D eigenvalue weighted by molar-refractivity contribution is -0.145. The maximum absolute atomic E-state index is 12.8. The van der Waals surface area contributed by atoms with Gasteiger partial charge in [-0.15, -0.1) is 0 Å². The third kappa shape index (κ3) is 2.65. The molecular formula is C18H21NO4. The normalized spacial score (nSPS) is 28.1. The number of ether oxygens (including phenoxy) is 1. The molecule has 5 nitrogen and oxygen atoms in total. The highest BCUT2D eigenvalue weighted by molar-refractivity contribution is 5.97. The maximum atomic E-state index is 12.8. The molecule has 1 saturated heterocycles. The molecule has 0 aromatic heterocycles. The van der Waals surface area contributed by atoms with E-state index in [9.17, 15) is 14.7 Å². The van der Waals surface area contributed by atoms with Gasteiger partial charge in [-0.1, -0.05) is 44.2 Å². The zero-order valence-corrected chi connectivity index (χ0v) is 13.3. The van der Waals surface area contributed by atoms with E-state index in [0.29, 0.717) is 0 Å². The fourth-order valence-corrected chi connectivity index (χ4v) is 3.52. The summed E-state index contributed by atoms with van der Waals surface area (Å²) < 4.78 is 5.58. The molecule has 5 heteroatoms. The Morgan fingerprint density at radius 3 is 2.17 bits per heavy atom. The Kier molecular flexibility index (Phi) is 4.22. The number of carbonyl (C=O) groups excluding carboxylic acids is 1. The van der Waals surface area contributed by atoms with Gasteiger partial charge in [0.15, 0.2) is 0 Å². The Labute approximate surface area is 135 Å². The van der Waals surface area contributed by atoms with Gasteiger partial charge in [0.2, 0.25) is 5.91 Å². The van der Waals surface area contributed by atoms with Crippen LogP contribution in [0.25, 0.3) is 0 Å². The van der Waals surface area contributed by atoms with Crippen molar-refractivity contribution in [2.24, 2.45) is 11.8 Å². The highest BCUT2D eigenvalue weighted by atomic mass is 16.5. The smallest absolute Gasteiger partial charge is 0.310 e. The Bertz CT molecular complexity index is 645. The van der Waals surface area contributed by atoms with Gasteiger partial charge in [0, 0.05) is 5.69 Å². The van der Waals surface area contributed by atoms with Crippen molar-refractivity contribution in [1.29, 1.82) is 0 Å². The molecule has 23 heavy (non-hydrogen) atoms. The molecule has 0 saturated carbocycles. The molecule has 2 N–H and O–H groups in total. The molecule has 2 heterocycles. The molecule has 1 fully saturated rings. The van der Waals surface area contributed by atoms with Gasteiger partial charge in [-0.2, -0.15) is 0 Å². The number of aliphatic carboxylic acids is 1. The van der Waals surface area contributed by atoms with Gasteiger partial charge in [0.25, 0.3) is 0 Å². The Hall–Kier alpha value is -2.14. The summed E-state index contributed by atoms with van der Waals surface area (Å²) in [5.41, 5.74) is 2.94. The van der Waals surface area contributed by atoms with Crippen LogP contribution in [0.3, 0.4) is 0 Å². The number of hydrogen-bond acceptors (Lipinski definition) is 3. The number of fused-ring (bicyclic) bond motifs is 2. The lowest BCUT2D eigenvalue weighted by Crippen LogP contribution is -2.39. The van der Waals surface area contributed by atoms with Gasteiger partial charge < -0.3 is 15.2 Å². The van der Waals surface area contributed by atoms with E-state index in [2.05, 4.69) is 5.32 Å². The largest absolute Gasteiger partial charge is 0.481 e. The standard InChI is InChI=1S/C18H21NO4/c1-3-10-6-5-7-11(4-2)16(10)19-17(20)14-12-8-9-13(23-12)15(14)18(21)22/h5-9,12-15H,3-4H2,1-2H3,(H,19,20)(H,21,22)/t12-,13+,14-,15+/m1/s1. The minimum absolute atomic E-state index is 0.273. The number of hydrogen-bond donors (Lipinski definition) is 2. The van der Waals surface area contributed by atoms with E-state index in [1.54, 1.807) is 12.2 Å². The van der Waals surface area contributed by atoms with Crippen LogP contribution < -0.4 is 5.32 Å². The van der Waals surface area contributed by atoms with Crippen molar-refractivity contribution in [2.75, 3.05) is 5.32 Å². The number of amides is 1. The zero-order chi connectivity index (χ0) is 16.6. The number of nitrogens with one attached hydrogen (secondary N) is 1. The monoisotopic (exact) mass is 315 g/mol. The molecule has 2 aliphatic rings. The number of carboxylic acid groups (broad SMARTS) is 1. The number of anilines is 1. The predicted octanol–water partition coefficient (Wildman–Crippen LogP) is 2.40. The highest BCUT2D eigenvalue weighted by Gasteiger charge is 2.53. The van der Waals surface area contributed by atoms with Crippen LogP contribution in [0.5, 0.6) is 0 Å². The van der Waals surface area contributed by atoms with Crippen molar-refractivity contribution in [1.82, 2.24) is 0 Å². The van der Waals surface area contributed by atoms with E-state index < -0.39 is 30.0 Å². The van der Waals surface area contributed by atoms with Gasteiger partial charge >= 0.3 is 5.97 Å². The van der Waals surface area contributed by atoms with E-state index >= 15 is 0 Å². The molecule has 1 amide bonds. The number of rotatable bonds is 5. The quantitative estimate of drug-likeness (QED) is 0.818. The van der Waals surface area contributed by atoms with Crippen LogP contribution in [-0.2, 0) is 27.2 Å². The fourth-order valence-electron chi connectivity index (χ4n) is 3.52. The average Bonchev–Trinajstić information content (AvgIpc) is 3.15. The van der Waals surface area contributed by atoms with Crippen molar-refractivity contribution in [3.63, 3.8) is 0 Å². The fraction of sp³-hybridized carbons (Fsp3) is 0.444. The molecule has 0 aliphatic carbocycles. The summed E-state index contributed by atoms with van der Waals surface area (Å²) in [7, 11) is 0. The van der Waals surface area contributed by atoms with Gasteiger partial charge in [-0.25, -0.2) is 0 Å². The number of carboxylic acids is 1. The van der Waals surface area contributed by atoms with Crippen molar-refractivity contribution in [2.45, 2.75) is 38.9 Å². The van der Waals surface area contributed by atoms with Gasteiger partial charge in [0.1, 0.15) is 5.92 Å². The molecule has 0 unspecified atom stereocenters. The van der Waals surface area contributed by atoms with Gasteiger partial charge in [0.05, 0.1) is 18.1 Å². The van der Waals surface area contributed by atoms with E-state index in [-0.39, 0.29) is 5.91 Å². The van der Waals surface area contributed by atoms with Crippen LogP contribution in [0.1, 0.15) is 25.0 Å². The Balaban J connectivity index is 1.88. The molecule has 4 atom stereocenters. The summed E-state index contributed by atoms with van der Waals surface area (Å²) >= 11 is 0. The first-order valence-corrected chi connectivity index (χ1v) is 8.05. The van der Waals surface area contributed by atoms with Crippen LogP contribution >= 0.6 is 0 Å². The molecule has 1 aromatic carbocycles. The van der Waals surface area contributed by atoms with E-state index in [0.717, 1.165) is 29.7 Å². The van der Waals surface area contributed by atoms with E-state index in [1.807, 2.05) is 32.0 Å². The molecule has 1 aromatic rings. The predicted molar refractivity (Wildman–Crippen MR) is 86.2 cm³/mol. The van der Waals surface area contributed by atoms with Gasteiger partial charge in [-0.3, -0.25) is 9.59 Å². The Morgan fingerprint density at radius 1 is 1.09 bits per heavy atom. The third-order valence-electron chi connectivity index (χ3n) is 4.73. The third-order valence-corrected chi connectivity index (χ3v) is 4.73. The second-order valence-electron chi connectivity index (χ2n) is 5.99. The summed E-state index contributed by atoms with van der Waals surface area (Å²) in [6.07, 6.45) is 4.20. The molecule has 0 radical (unpaired) electrons. The van der Waals surface area contributed by atoms with E-state index in [4.69, 9.17) is 4.74 Å². The summed E-state index contributed by atoms with van der Waals surface area (Å²) in [5, 5.41) is 12.4. The van der Waals surface area contributed by atoms with Gasteiger partial charge in [-0.05, 0) is 24.0 Å². The maximum Gasteiger partial charge on any atom is 0.310 e. The van der Waals surface area contributed by atoms with Crippen molar-refractivity contribution < 1.29 is 19.4 Å². The lowest BCUT2D eigenvalue weighted by atomic mass is 9.82. The molecule has 2 aliphatic heterocycles.